The van der Waals surface area contributed by atoms with Gasteiger partial charge in [-0.3, -0.25) is 0 Å². The third kappa shape index (κ3) is 9.25. The van der Waals surface area contributed by atoms with Crippen molar-refractivity contribution < 1.29 is 14.6 Å². The van der Waals surface area contributed by atoms with Crippen LogP contribution in [0.25, 0.3) is 0 Å². The molecule has 2 N–H and O–H groups in total. The summed E-state index contributed by atoms with van der Waals surface area (Å²) in [7, 11) is -2.23. The average molecular weight is 550 g/mol. The number of hydrogen-bond donors (Lipinski definition) is 2. The molecule has 0 rings (SSSR count). The zero-order chi connectivity index (χ0) is 23.6. The van der Waals surface area contributed by atoms with Gasteiger partial charge in [-0.1, -0.05) is 0 Å². The van der Waals surface area contributed by atoms with Crippen LogP contribution in [0, 0.1) is 5.92 Å². The van der Waals surface area contributed by atoms with Gasteiger partial charge in [0.1, 0.15) is 0 Å². The van der Waals surface area contributed by atoms with Crippen LogP contribution < -0.4 is 0 Å². The first kappa shape index (κ1) is 30.6. The first-order chi connectivity index (χ1) is 13.7. The molecule has 0 fully saturated rings. The molecule has 2 atom stereocenters. The molecule has 0 aliphatic heterocycles. The molecule has 180 valence electrons. The molecule has 0 saturated heterocycles. The van der Waals surface area contributed by atoms with Crippen molar-refractivity contribution >= 4 is 26.7 Å². The summed E-state index contributed by atoms with van der Waals surface area (Å²) in [5, 5.41) is 22.7. The van der Waals surface area contributed by atoms with E-state index in [1.807, 2.05) is 19.9 Å². The fraction of sp³-hybridized carbons (Fsp3) is 0.920. The third-order valence-corrected chi connectivity index (χ3v) is 25.8. The van der Waals surface area contributed by atoms with Gasteiger partial charge < -0.3 is 0 Å². The van der Waals surface area contributed by atoms with Gasteiger partial charge in [0.25, 0.3) is 0 Å². The van der Waals surface area contributed by atoms with Gasteiger partial charge in [-0.2, -0.15) is 0 Å². The molecule has 0 amide bonds. The van der Waals surface area contributed by atoms with Gasteiger partial charge in [0, 0.05) is 0 Å². The summed E-state index contributed by atoms with van der Waals surface area (Å²) < 4.78 is 13.0. The Morgan fingerprint density at radius 2 is 1.30 bits per heavy atom. The van der Waals surface area contributed by atoms with Crippen LogP contribution in [-0.2, 0) is 4.43 Å². The van der Waals surface area contributed by atoms with Crippen LogP contribution in [0.3, 0.4) is 0 Å². The molecule has 0 saturated carbocycles. The van der Waals surface area contributed by atoms with Crippen molar-refractivity contribution in [1.29, 1.82) is 0 Å². The number of aliphatic hydroxyl groups excluding tert-OH is 1. The molecule has 0 spiro atoms. The normalized spacial score (nSPS) is 17.0. The molecule has 30 heavy (non-hydrogen) atoms. The Morgan fingerprint density at radius 3 is 1.60 bits per heavy atom. The van der Waals surface area contributed by atoms with Gasteiger partial charge >= 0.3 is 195 Å². The minimum atomic E-state index is -2.51. The number of rotatable bonds is 15. The summed E-state index contributed by atoms with van der Waals surface area (Å²) in [5.41, 5.74) is 0. The van der Waals surface area contributed by atoms with Gasteiger partial charge in [0.15, 0.2) is 0 Å². The minimum absolute atomic E-state index is 0.0222. The standard InChI is InChI=1S/C13H27O3Si.3C4H9.Sn/c1-9-11(14)13(15,10(2)3)16-17(7,8)12(4,5)6;3*1-3-4-2;/h1,9-11,14-15H,2-8H3;3*1,3-4H2,2H3;/t11-,13-;;;;/m0..../s1. The Balaban J connectivity index is 5.87. The van der Waals surface area contributed by atoms with E-state index < -0.39 is 38.6 Å². The van der Waals surface area contributed by atoms with E-state index in [1.165, 1.54) is 51.8 Å². The van der Waals surface area contributed by atoms with Crippen molar-refractivity contribution in [3.8, 4) is 0 Å². The molecule has 0 aromatic rings. The van der Waals surface area contributed by atoms with Gasteiger partial charge in [-0.25, -0.2) is 0 Å². The van der Waals surface area contributed by atoms with E-state index in [0.717, 1.165) is 0 Å². The zero-order valence-corrected chi connectivity index (χ0v) is 25.8. The Hall–Kier alpha value is 0.636. The second kappa shape index (κ2) is 13.4. The monoisotopic (exact) mass is 550 g/mol. The molecule has 0 unspecified atom stereocenters. The fourth-order valence-electron chi connectivity index (χ4n) is 3.73. The Labute approximate surface area is 194 Å². The third-order valence-electron chi connectivity index (χ3n) is 7.19. The van der Waals surface area contributed by atoms with Crippen LogP contribution in [0.1, 0.15) is 93.9 Å². The number of hydrogen-bond acceptors (Lipinski definition) is 3. The molecule has 0 heterocycles. The quantitative estimate of drug-likeness (QED) is 0.163. The van der Waals surface area contributed by atoms with Gasteiger partial charge in [-0.05, 0) is 0 Å². The second-order valence-electron chi connectivity index (χ2n) is 11.2. The van der Waals surface area contributed by atoms with Crippen molar-refractivity contribution in [2.24, 2.45) is 5.92 Å². The van der Waals surface area contributed by atoms with Crippen molar-refractivity contribution in [1.82, 2.24) is 0 Å². The van der Waals surface area contributed by atoms with E-state index >= 15 is 0 Å². The van der Waals surface area contributed by atoms with Crippen LogP contribution in [0.4, 0.5) is 0 Å². The molecular weight excluding hydrogens is 495 g/mol. The van der Waals surface area contributed by atoms with Crippen LogP contribution in [0.2, 0.25) is 31.4 Å². The van der Waals surface area contributed by atoms with Crippen LogP contribution >= 0.6 is 0 Å². The molecule has 3 nitrogen and oxygen atoms in total. The Morgan fingerprint density at radius 1 is 0.900 bits per heavy atom. The Kier molecular flexibility index (Phi) is 13.7. The molecule has 0 aromatic carbocycles. The summed E-state index contributed by atoms with van der Waals surface area (Å²) in [6, 6.07) is 0. The fourth-order valence-corrected chi connectivity index (χ4v) is 19.5. The summed E-state index contributed by atoms with van der Waals surface area (Å²) in [6.45, 7) is 21.5. The van der Waals surface area contributed by atoms with Gasteiger partial charge in [-0.15, -0.1) is 0 Å². The van der Waals surface area contributed by atoms with Gasteiger partial charge in [0.2, 0.25) is 0 Å². The van der Waals surface area contributed by atoms with Crippen molar-refractivity contribution in [3.05, 3.63) is 10.2 Å². The second-order valence-corrected chi connectivity index (χ2v) is 29.0. The van der Waals surface area contributed by atoms with E-state index in [9.17, 15) is 10.2 Å². The van der Waals surface area contributed by atoms with Crippen LogP contribution in [0.15, 0.2) is 10.2 Å². The van der Waals surface area contributed by atoms with Gasteiger partial charge in [0.05, 0.1) is 0 Å². The molecule has 0 radical (unpaired) electrons. The van der Waals surface area contributed by atoms with E-state index in [2.05, 4.69) is 58.7 Å². The predicted molar refractivity (Wildman–Crippen MR) is 138 cm³/mol. The number of unbranched alkanes of at least 4 members (excludes halogenated alkanes) is 3. The molecule has 5 heteroatoms. The van der Waals surface area contributed by atoms with Crippen molar-refractivity contribution in [2.45, 2.75) is 137 Å². The molecule has 0 aliphatic rings. The topological polar surface area (TPSA) is 49.7 Å². The predicted octanol–water partition coefficient (Wildman–Crippen LogP) is 7.66. The van der Waals surface area contributed by atoms with Crippen molar-refractivity contribution in [3.63, 3.8) is 0 Å². The summed E-state index contributed by atoms with van der Waals surface area (Å²) in [6.07, 6.45) is 8.54. The molecule has 0 aromatic heterocycles. The van der Waals surface area contributed by atoms with Crippen molar-refractivity contribution in [2.75, 3.05) is 0 Å². The molecule has 0 aliphatic carbocycles. The molecular formula is C25H54O3SiSn. The zero-order valence-electron chi connectivity index (χ0n) is 22.0. The average Bonchev–Trinajstić information content (AvgIpc) is 2.65. The van der Waals surface area contributed by atoms with Crippen LogP contribution in [0.5, 0.6) is 0 Å². The summed E-state index contributed by atoms with van der Waals surface area (Å²) >= 11 is -2.51. The number of aliphatic hydroxyl groups is 2. The van der Waals surface area contributed by atoms with Crippen LogP contribution in [-0.4, -0.2) is 48.8 Å². The molecule has 0 bridgehead atoms. The SMILES string of the molecule is CCC[CH2][Sn](/[CH]=C/[C@H](O)[C@@](O)(O[Si](C)(C)C(C)(C)C)C(C)C)([CH2]CCC)[CH2]CCC. The summed E-state index contributed by atoms with van der Waals surface area (Å²) in [4.78, 5) is 0. The van der Waals surface area contributed by atoms with E-state index in [4.69, 9.17) is 4.43 Å². The maximum absolute atomic E-state index is 11.5. The Bertz CT molecular complexity index is 477. The maximum atomic E-state index is 11.5. The summed E-state index contributed by atoms with van der Waals surface area (Å²) in [5.74, 6) is -1.71. The van der Waals surface area contributed by atoms with E-state index in [0.29, 0.717) is 0 Å². The first-order valence-corrected chi connectivity index (χ1v) is 23.1. The first-order valence-electron chi connectivity index (χ1n) is 12.5. The van der Waals surface area contributed by atoms with E-state index in [1.54, 1.807) is 0 Å². The van der Waals surface area contributed by atoms with E-state index in [-0.39, 0.29) is 11.0 Å².